The number of hydrogen-bond acceptors (Lipinski definition) is 5. The molecule has 1 atom stereocenters. The van der Waals surface area contributed by atoms with Crippen LogP contribution in [-0.4, -0.2) is 66.8 Å². The lowest BCUT2D eigenvalue weighted by Crippen LogP contribution is -2.52. The summed E-state index contributed by atoms with van der Waals surface area (Å²) in [6, 6.07) is 17.3. The Morgan fingerprint density at radius 1 is 1.11 bits per heavy atom. The van der Waals surface area contributed by atoms with Gasteiger partial charge in [0.25, 0.3) is 0 Å². The molecule has 0 saturated carbocycles. The molecule has 188 valence electrons. The topological polar surface area (TPSA) is 89.1 Å². The Morgan fingerprint density at radius 3 is 2.42 bits per heavy atom. The van der Waals surface area contributed by atoms with Gasteiger partial charge < -0.3 is 25.8 Å². The highest BCUT2D eigenvalue weighted by atomic mass is 16.2. The van der Waals surface area contributed by atoms with Crippen LogP contribution < -0.4 is 16.0 Å². The van der Waals surface area contributed by atoms with Crippen molar-refractivity contribution in [2.75, 3.05) is 44.4 Å². The highest BCUT2D eigenvalue weighted by Crippen LogP contribution is 2.38. The van der Waals surface area contributed by atoms with Gasteiger partial charge in [-0.25, -0.2) is 4.79 Å². The van der Waals surface area contributed by atoms with Crippen LogP contribution in [0.3, 0.4) is 0 Å². The molecule has 0 radical (unpaired) electrons. The van der Waals surface area contributed by atoms with Crippen molar-refractivity contribution in [3.63, 3.8) is 0 Å². The van der Waals surface area contributed by atoms with Crippen LogP contribution in [0.1, 0.15) is 25.5 Å². The number of anilines is 2. The van der Waals surface area contributed by atoms with E-state index in [4.69, 9.17) is 4.99 Å². The number of benzene rings is 2. The van der Waals surface area contributed by atoms with Crippen LogP contribution in [0.15, 0.2) is 83.4 Å². The average Bonchev–Trinajstić information content (AvgIpc) is 3.37. The second-order valence-corrected chi connectivity index (χ2v) is 9.84. The summed E-state index contributed by atoms with van der Waals surface area (Å²) in [6.07, 6.45) is 1.24. The molecular formula is C28H34N6O2. The highest BCUT2D eigenvalue weighted by molar-refractivity contribution is 6.11. The molecule has 8 nitrogen and oxygen atoms in total. The molecule has 0 aliphatic carbocycles. The van der Waals surface area contributed by atoms with Crippen LogP contribution in [-0.2, 0) is 4.79 Å². The Morgan fingerprint density at radius 2 is 1.78 bits per heavy atom. The molecule has 2 aliphatic heterocycles. The monoisotopic (exact) mass is 486 g/mol. The Kier molecular flexibility index (Phi) is 7.26. The van der Waals surface area contributed by atoms with Gasteiger partial charge in [0, 0.05) is 23.5 Å². The summed E-state index contributed by atoms with van der Waals surface area (Å²) in [4.78, 5) is 33.7. The van der Waals surface area contributed by atoms with Crippen molar-refractivity contribution in [3.05, 3.63) is 84.0 Å². The largest absolute Gasteiger partial charge is 0.340 e. The molecule has 0 fully saturated rings. The third-order valence-corrected chi connectivity index (χ3v) is 6.67. The van der Waals surface area contributed by atoms with E-state index in [2.05, 4.69) is 41.3 Å². The normalized spacial score (nSPS) is 16.9. The van der Waals surface area contributed by atoms with Gasteiger partial charge in [-0.1, -0.05) is 36.9 Å². The molecule has 8 heteroatoms. The molecule has 3 N–H and O–H groups in total. The fourth-order valence-electron chi connectivity index (χ4n) is 4.66. The molecule has 0 spiro atoms. The third kappa shape index (κ3) is 5.33. The number of amidine groups is 1. The van der Waals surface area contributed by atoms with Crippen molar-refractivity contribution in [1.82, 2.24) is 15.1 Å². The Labute approximate surface area is 212 Å². The van der Waals surface area contributed by atoms with E-state index in [0.29, 0.717) is 25.3 Å². The first-order valence-corrected chi connectivity index (χ1v) is 12.0. The van der Waals surface area contributed by atoms with Crippen molar-refractivity contribution >= 4 is 29.1 Å². The fraction of sp³-hybridized carbons (Fsp3) is 0.321. The van der Waals surface area contributed by atoms with Crippen molar-refractivity contribution in [2.45, 2.75) is 25.4 Å². The minimum Gasteiger partial charge on any atom is -0.340 e. The minimum atomic E-state index is -0.454. The molecule has 0 aromatic heterocycles. The summed E-state index contributed by atoms with van der Waals surface area (Å²) < 4.78 is 0. The lowest BCUT2D eigenvalue weighted by molar-refractivity contribution is -0.111. The Hall–Kier alpha value is -3.91. The van der Waals surface area contributed by atoms with Gasteiger partial charge >= 0.3 is 6.03 Å². The second-order valence-electron chi connectivity index (χ2n) is 9.84. The number of carbonyl (C=O) groups is 2. The zero-order valence-corrected chi connectivity index (χ0v) is 21.3. The standard InChI is InChI=1S/C28H34N6O2/c1-6-25(35)30-20-12-14-21(15-13-20)31-26-22-17-34(28(2,3)23(22)16-29-26)27(36)32-24(18-33(4)5)19-10-8-7-9-11-19/h6-15,24H,1,16-18H2,2-5H3,(H,29,31)(H,30,35)(H,32,36)/t24-/m1/s1. The van der Waals surface area contributed by atoms with Crippen LogP contribution in [0, 0.1) is 0 Å². The van der Waals surface area contributed by atoms with E-state index in [-0.39, 0.29) is 18.0 Å². The summed E-state index contributed by atoms with van der Waals surface area (Å²) in [7, 11) is 4.01. The van der Waals surface area contributed by atoms with E-state index >= 15 is 0 Å². The Bertz CT molecular complexity index is 1200. The predicted molar refractivity (Wildman–Crippen MR) is 145 cm³/mol. The van der Waals surface area contributed by atoms with E-state index in [1.54, 1.807) is 0 Å². The number of carbonyl (C=O) groups excluding carboxylic acids is 2. The van der Waals surface area contributed by atoms with E-state index in [1.807, 2.05) is 73.6 Å². The molecule has 2 aromatic rings. The smallest absolute Gasteiger partial charge is 0.318 e. The number of amides is 3. The predicted octanol–water partition coefficient (Wildman–Crippen LogP) is 4.04. The number of rotatable bonds is 7. The van der Waals surface area contributed by atoms with Crippen molar-refractivity contribution < 1.29 is 9.59 Å². The maximum atomic E-state index is 13.5. The van der Waals surface area contributed by atoms with E-state index < -0.39 is 5.54 Å². The van der Waals surface area contributed by atoms with E-state index in [0.717, 1.165) is 28.2 Å². The Balaban J connectivity index is 1.45. The van der Waals surface area contributed by atoms with E-state index in [9.17, 15) is 9.59 Å². The SMILES string of the molecule is C=CC(=O)Nc1ccc(NC2=NCC3=C2CN(C(=O)N[C@H](CN(C)C)c2ccccc2)C3(C)C)cc1. The summed E-state index contributed by atoms with van der Waals surface area (Å²) in [5.41, 5.74) is 4.38. The molecule has 0 saturated heterocycles. The van der Waals surface area contributed by atoms with Gasteiger partial charge in [0.1, 0.15) is 5.84 Å². The average molecular weight is 487 g/mol. The number of urea groups is 1. The molecule has 0 bridgehead atoms. The molecular weight excluding hydrogens is 452 g/mol. The first kappa shape index (κ1) is 25.2. The summed E-state index contributed by atoms with van der Waals surface area (Å²) in [5.74, 6) is 0.529. The minimum absolute atomic E-state index is 0.0910. The van der Waals surface area contributed by atoms with Gasteiger partial charge in [0.2, 0.25) is 5.91 Å². The second kappa shape index (κ2) is 10.4. The number of nitrogens with one attached hydrogen (secondary N) is 3. The first-order chi connectivity index (χ1) is 17.2. The highest BCUT2D eigenvalue weighted by Gasteiger charge is 2.45. The molecule has 0 unspecified atom stereocenters. The summed E-state index contributed by atoms with van der Waals surface area (Å²) in [6.45, 7) is 9.37. The molecule has 2 heterocycles. The van der Waals surface area contributed by atoms with Crippen LogP contribution >= 0.6 is 0 Å². The van der Waals surface area contributed by atoms with E-state index in [1.165, 1.54) is 6.08 Å². The number of aliphatic imine (C=N–C) groups is 1. The van der Waals surface area contributed by atoms with Gasteiger partial charge in [-0.3, -0.25) is 9.79 Å². The fourth-order valence-corrected chi connectivity index (χ4v) is 4.66. The quantitative estimate of drug-likeness (QED) is 0.516. The number of likely N-dealkylation sites (N-methyl/N-ethyl adjacent to an activating group) is 1. The van der Waals surface area contributed by atoms with Crippen molar-refractivity contribution in [3.8, 4) is 0 Å². The van der Waals surface area contributed by atoms with Crippen LogP contribution in [0.25, 0.3) is 0 Å². The lowest BCUT2D eigenvalue weighted by Gasteiger charge is -2.36. The van der Waals surface area contributed by atoms with Crippen molar-refractivity contribution in [2.24, 2.45) is 4.99 Å². The van der Waals surface area contributed by atoms with Crippen LogP contribution in [0.5, 0.6) is 0 Å². The molecule has 3 amide bonds. The maximum absolute atomic E-state index is 13.5. The third-order valence-electron chi connectivity index (χ3n) is 6.67. The van der Waals surface area contributed by atoms with Gasteiger partial charge in [-0.2, -0.15) is 0 Å². The first-order valence-electron chi connectivity index (χ1n) is 12.0. The summed E-state index contributed by atoms with van der Waals surface area (Å²) >= 11 is 0. The zero-order chi connectivity index (χ0) is 25.9. The molecule has 2 aromatic carbocycles. The van der Waals surface area contributed by atoms with Crippen LogP contribution in [0.4, 0.5) is 16.2 Å². The van der Waals surface area contributed by atoms with Crippen LogP contribution in [0.2, 0.25) is 0 Å². The van der Waals surface area contributed by atoms with Gasteiger partial charge in [0.15, 0.2) is 0 Å². The van der Waals surface area contributed by atoms with Gasteiger partial charge in [-0.05, 0) is 69.4 Å². The van der Waals surface area contributed by atoms with Gasteiger partial charge in [-0.15, -0.1) is 0 Å². The molecule has 2 aliphatic rings. The molecule has 4 rings (SSSR count). The summed E-state index contributed by atoms with van der Waals surface area (Å²) in [5, 5.41) is 9.39. The number of hydrogen-bond donors (Lipinski definition) is 3. The zero-order valence-electron chi connectivity index (χ0n) is 21.3. The lowest BCUT2D eigenvalue weighted by atomic mass is 9.94. The number of nitrogens with zero attached hydrogens (tertiary/aromatic N) is 3. The maximum Gasteiger partial charge on any atom is 0.318 e. The molecule has 36 heavy (non-hydrogen) atoms. The van der Waals surface area contributed by atoms with Crippen molar-refractivity contribution in [1.29, 1.82) is 0 Å². The van der Waals surface area contributed by atoms with Gasteiger partial charge in [0.05, 0.1) is 24.7 Å².